The third-order valence-electron chi connectivity index (χ3n) is 2.30. The molecule has 0 radical (unpaired) electrons. The number of anilines is 1. The molecule has 1 aromatic heterocycles. The lowest BCUT2D eigenvalue weighted by molar-refractivity contribution is 0.472. The maximum Gasteiger partial charge on any atom is 0.113 e. The monoisotopic (exact) mass is 216 g/mol. The number of hydrogen-bond acceptors (Lipinski definition) is 3. The van der Waals surface area contributed by atoms with Crippen molar-refractivity contribution in [2.24, 2.45) is 5.92 Å². The molecule has 0 aliphatic carbocycles. The highest BCUT2D eigenvalue weighted by atomic mass is 15.4. The van der Waals surface area contributed by atoms with Gasteiger partial charge in [0.2, 0.25) is 0 Å². The van der Waals surface area contributed by atoms with Crippen LogP contribution in [0, 0.1) is 5.92 Å². The van der Waals surface area contributed by atoms with Gasteiger partial charge in [-0.2, -0.15) is 0 Å². The highest BCUT2D eigenvalue weighted by molar-refractivity contribution is 5.60. The topological polar surface area (TPSA) is 56.7 Å². The molecule has 0 aliphatic rings. The molecule has 2 aromatic rings. The predicted octanol–water partition coefficient (Wildman–Crippen LogP) is 2.18. The second-order valence-corrected chi connectivity index (χ2v) is 4.34. The Morgan fingerprint density at radius 2 is 1.94 bits per heavy atom. The van der Waals surface area contributed by atoms with Crippen molar-refractivity contribution in [3.63, 3.8) is 0 Å². The normalized spacial score (nSPS) is 10.9. The molecule has 2 rings (SSSR count). The van der Waals surface area contributed by atoms with Crippen LogP contribution in [-0.2, 0) is 6.54 Å². The second-order valence-electron chi connectivity index (χ2n) is 4.34. The molecular weight excluding hydrogens is 200 g/mol. The molecule has 84 valence electrons. The van der Waals surface area contributed by atoms with Crippen molar-refractivity contribution >= 4 is 5.69 Å². The first-order valence-electron chi connectivity index (χ1n) is 5.41. The minimum Gasteiger partial charge on any atom is -0.399 e. The van der Waals surface area contributed by atoms with Crippen LogP contribution in [0.1, 0.15) is 13.8 Å². The lowest BCUT2D eigenvalue weighted by atomic mass is 10.1. The van der Waals surface area contributed by atoms with Crippen molar-refractivity contribution in [3.05, 3.63) is 30.5 Å². The first-order chi connectivity index (χ1) is 7.65. The molecule has 0 saturated carbocycles. The molecule has 0 atom stereocenters. The molecule has 0 bridgehead atoms. The van der Waals surface area contributed by atoms with Crippen molar-refractivity contribution in [1.29, 1.82) is 0 Å². The van der Waals surface area contributed by atoms with Gasteiger partial charge in [-0.05, 0) is 18.1 Å². The summed E-state index contributed by atoms with van der Waals surface area (Å²) in [6.07, 6.45) is 1.96. The first-order valence-corrected chi connectivity index (χ1v) is 5.41. The van der Waals surface area contributed by atoms with Gasteiger partial charge in [0, 0.05) is 17.8 Å². The Hall–Kier alpha value is -1.84. The average Bonchev–Trinajstić information content (AvgIpc) is 2.66. The smallest absolute Gasteiger partial charge is 0.113 e. The zero-order chi connectivity index (χ0) is 11.5. The van der Waals surface area contributed by atoms with E-state index in [9.17, 15) is 0 Å². The molecule has 0 fully saturated rings. The van der Waals surface area contributed by atoms with Crippen LogP contribution in [0.2, 0.25) is 0 Å². The Balaban J connectivity index is 2.21. The molecule has 0 saturated heterocycles. The SMILES string of the molecule is CC(C)Cn1cc(-c2ccc(N)cc2)nn1. The summed E-state index contributed by atoms with van der Waals surface area (Å²) in [6.45, 7) is 5.21. The summed E-state index contributed by atoms with van der Waals surface area (Å²) in [4.78, 5) is 0. The lowest BCUT2D eigenvalue weighted by Gasteiger charge is -2.02. The minimum atomic E-state index is 0.570. The van der Waals surface area contributed by atoms with E-state index in [-0.39, 0.29) is 0 Å². The van der Waals surface area contributed by atoms with Crippen LogP contribution in [0.15, 0.2) is 30.5 Å². The average molecular weight is 216 g/mol. The van der Waals surface area contributed by atoms with Crippen LogP contribution < -0.4 is 5.73 Å². The third-order valence-corrected chi connectivity index (χ3v) is 2.30. The van der Waals surface area contributed by atoms with E-state index in [1.807, 2.05) is 35.1 Å². The van der Waals surface area contributed by atoms with Gasteiger partial charge in [-0.15, -0.1) is 5.10 Å². The van der Waals surface area contributed by atoms with Gasteiger partial charge in [-0.25, -0.2) is 0 Å². The Bertz CT molecular complexity index is 456. The Morgan fingerprint density at radius 3 is 2.56 bits per heavy atom. The van der Waals surface area contributed by atoms with Crippen LogP contribution in [0.4, 0.5) is 5.69 Å². The Kier molecular flexibility index (Phi) is 2.90. The molecule has 0 unspecified atom stereocenters. The minimum absolute atomic E-state index is 0.570. The van der Waals surface area contributed by atoms with Gasteiger partial charge in [0.1, 0.15) is 5.69 Å². The molecule has 1 aromatic carbocycles. The third kappa shape index (κ3) is 2.39. The van der Waals surface area contributed by atoms with E-state index >= 15 is 0 Å². The highest BCUT2D eigenvalue weighted by Crippen LogP contribution is 2.17. The van der Waals surface area contributed by atoms with Crippen molar-refractivity contribution < 1.29 is 0 Å². The van der Waals surface area contributed by atoms with Gasteiger partial charge in [0.25, 0.3) is 0 Å². The summed E-state index contributed by atoms with van der Waals surface area (Å²) in [5.74, 6) is 0.570. The molecule has 4 nitrogen and oxygen atoms in total. The Labute approximate surface area is 95.1 Å². The van der Waals surface area contributed by atoms with Crippen LogP contribution in [0.25, 0.3) is 11.3 Å². The maximum atomic E-state index is 5.63. The summed E-state index contributed by atoms with van der Waals surface area (Å²) < 4.78 is 1.87. The predicted molar refractivity (Wildman–Crippen MR) is 64.7 cm³/mol. The number of aromatic nitrogens is 3. The molecule has 0 aliphatic heterocycles. The summed E-state index contributed by atoms with van der Waals surface area (Å²) in [5, 5.41) is 8.23. The molecule has 1 heterocycles. The fourth-order valence-corrected chi connectivity index (χ4v) is 1.55. The van der Waals surface area contributed by atoms with Crippen LogP contribution in [0.3, 0.4) is 0 Å². The van der Waals surface area contributed by atoms with Crippen LogP contribution >= 0.6 is 0 Å². The second kappa shape index (κ2) is 4.35. The number of nitrogens with two attached hydrogens (primary N) is 1. The maximum absolute atomic E-state index is 5.63. The fraction of sp³-hybridized carbons (Fsp3) is 0.333. The summed E-state index contributed by atoms with van der Waals surface area (Å²) in [6, 6.07) is 7.66. The van der Waals surface area contributed by atoms with Gasteiger partial charge in [-0.3, -0.25) is 4.68 Å². The molecule has 16 heavy (non-hydrogen) atoms. The fourth-order valence-electron chi connectivity index (χ4n) is 1.55. The van der Waals surface area contributed by atoms with Gasteiger partial charge < -0.3 is 5.73 Å². The van der Waals surface area contributed by atoms with Crippen molar-refractivity contribution in [3.8, 4) is 11.3 Å². The summed E-state index contributed by atoms with van der Waals surface area (Å²) >= 11 is 0. The van der Waals surface area contributed by atoms with Gasteiger partial charge in [0.05, 0.1) is 6.20 Å². The van der Waals surface area contributed by atoms with E-state index in [1.165, 1.54) is 0 Å². The molecule has 0 spiro atoms. The standard InChI is InChI=1S/C12H16N4/c1-9(2)7-16-8-12(14-15-16)10-3-5-11(13)6-4-10/h3-6,8-9H,7,13H2,1-2H3. The van der Waals surface area contributed by atoms with Crippen LogP contribution in [-0.4, -0.2) is 15.0 Å². The van der Waals surface area contributed by atoms with E-state index in [2.05, 4.69) is 24.2 Å². The number of hydrogen-bond donors (Lipinski definition) is 1. The van der Waals surface area contributed by atoms with Crippen molar-refractivity contribution in [2.75, 3.05) is 5.73 Å². The van der Waals surface area contributed by atoms with Crippen molar-refractivity contribution in [2.45, 2.75) is 20.4 Å². The zero-order valence-electron chi connectivity index (χ0n) is 9.59. The van der Waals surface area contributed by atoms with E-state index in [4.69, 9.17) is 5.73 Å². The van der Waals surface area contributed by atoms with E-state index < -0.39 is 0 Å². The number of rotatable bonds is 3. The van der Waals surface area contributed by atoms with Gasteiger partial charge >= 0.3 is 0 Å². The van der Waals surface area contributed by atoms with Gasteiger partial charge in [-0.1, -0.05) is 31.2 Å². The number of nitrogen functional groups attached to an aromatic ring is 1. The lowest BCUT2D eigenvalue weighted by Crippen LogP contribution is -2.04. The number of nitrogens with zero attached hydrogens (tertiary/aromatic N) is 3. The highest BCUT2D eigenvalue weighted by Gasteiger charge is 2.04. The van der Waals surface area contributed by atoms with Crippen molar-refractivity contribution in [1.82, 2.24) is 15.0 Å². The summed E-state index contributed by atoms with van der Waals surface area (Å²) in [5.41, 5.74) is 8.33. The molecule has 0 amide bonds. The molecule has 4 heteroatoms. The Morgan fingerprint density at radius 1 is 1.25 bits per heavy atom. The van der Waals surface area contributed by atoms with E-state index in [0.717, 1.165) is 23.5 Å². The molecule has 2 N–H and O–H groups in total. The van der Waals surface area contributed by atoms with E-state index in [1.54, 1.807) is 0 Å². The van der Waals surface area contributed by atoms with Crippen LogP contribution in [0.5, 0.6) is 0 Å². The summed E-state index contributed by atoms with van der Waals surface area (Å²) in [7, 11) is 0. The zero-order valence-corrected chi connectivity index (χ0v) is 9.59. The van der Waals surface area contributed by atoms with E-state index in [0.29, 0.717) is 5.92 Å². The largest absolute Gasteiger partial charge is 0.399 e. The van der Waals surface area contributed by atoms with Gasteiger partial charge in [0.15, 0.2) is 0 Å². The molecular formula is C12H16N4. The number of benzene rings is 1. The quantitative estimate of drug-likeness (QED) is 0.800. The first kappa shape index (κ1) is 10.7.